The number of ketones is 1. The first-order chi connectivity index (χ1) is 15.9. The second-order valence-corrected chi connectivity index (χ2v) is 7.53. The van der Waals surface area contributed by atoms with E-state index in [4.69, 9.17) is 16.3 Å². The van der Waals surface area contributed by atoms with Crippen molar-refractivity contribution in [2.75, 3.05) is 5.32 Å². The van der Waals surface area contributed by atoms with Gasteiger partial charge < -0.3 is 10.1 Å². The Balaban J connectivity index is 1.54. The number of amides is 1. The van der Waals surface area contributed by atoms with Crippen molar-refractivity contribution in [3.8, 4) is 11.5 Å². The molecule has 1 heterocycles. The topological polar surface area (TPSA) is 90.3 Å². The molecule has 4 aromatic rings. The highest BCUT2D eigenvalue weighted by Crippen LogP contribution is 2.32. The molecule has 0 saturated carbocycles. The normalized spacial score (nSPS) is 10.5. The lowest BCUT2D eigenvalue weighted by Gasteiger charge is -2.13. The molecule has 4 rings (SSSR count). The van der Waals surface area contributed by atoms with Gasteiger partial charge >= 0.3 is 0 Å². The summed E-state index contributed by atoms with van der Waals surface area (Å²) in [7, 11) is 1.46. The van der Waals surface area contributed by atoms with Gasteiger partial charge in [0.05, 0.1) is 5.69 Å². The predicted molar refractivity (Wildman–Crippen MR) is 125 cm³/mol. The van der Waals surface area contributed by atoms with E-state index < -0.39 is 5.91 Å². The molecule has 3 aromatic carbocycles. The number of rotatable bonds is 6. The summed E-state index contributed by atoms with van der Waals surface area (Å²) in [6, 6.07) is 23.1. The summed E-state index contributed by atoms with van der Waals surface area (Å²) < 4.78 is 7.00. The maximum atomic E-state index is 12.6. The molecule has 0 atom stereocenters. The van der Waals surface area contributed by atoms with Gasteiger partial charge in [0.25, 0.3) is 11.5 Å². The molecule has 0 saturated heterocycles. The van der Waals surface area contributed by atoms with Crippen LogP contribution in [0.4, 0.5) is 5.69 Å². The maximum absolute atomic E-state index is 12.6. The third-order valence-electron chi connectivity index (χ3n) is 4.76. The van der Waals surface area contributed by atoms with E-state index in [1.165, 1.54) is 19.2 Å². The van der Waals surface area contributed by atoms with Gasteiger partial charge in [-0.3, -0.25) is 14.4 Å². The summed E-state index contributed by atoms with van der Waals surface area (Å²) in [6.45, 7) is 0. The van der Waals surface area contributed by atoms with E-state index in [9.17, 15) is 14.4 Å². The molecule has 0 aliphatic heterocycles. The molecule has 1 amide bonds. The van der Waals surface area contributed by atoms with Crippen LogP contribution in [-0.2, 0) is 7.05 Å². The Morgan fingerprint density at radius 1 is 0.909 bits per heavy atom. The summed E-state index contributed by atoms with van der Waals surface area (Å²) in [4.78, 5) is 36.7. The molecular formula is C25H18ClN3O4. The number of aryl methyl sites for hydroxylation is 1. The Morgan fingerprint density at radius 2 is 1.61 bits per heavy atom. The van der Waals surface area contributed by atoms with Gasteiger partial charge in [0.1, 0.15) is 11.4 Å². The zero-order valence-electron chi connectivity index (χ0n) is 17.5. The van der Waals surface area contributed by atoms with E-state index >= 15 is 0 Å². The molecule has 7 nitrogen and oxygen atoms in total. The van der Waals surface area contributed by atoms with Gasteiger partial charge in [-0.25, -0.2) is 4.68 Å². The molecule has 0 spiro atoms. The lowest BCUT2D eigenvalue weighted by atomic mass is 10.0. The SMILES string of the molecule is Cn1nc(C(=O)Nc2cc(Cl)ccc2Oc2ccc(C(=O)c3ccccc3)cc2)ccc1=O. The van der Waals surface area contributed by atoms with E-state index in [2.05, 4.69) is 10.4 Å². The van der Waals surface area contributed by atoms with Crippen LogP contribution in [0.25, 0.3) is 0 Å². The van der Waals surface area contributed by atoms with E-state index in [0.29, 0.717) is 33.3 Å². The van der Waals surface area contributed by atoms with E-state index in [-0.39, 0.29) is 17.0 Å². The van der Waals surface area contributed by atoms with Crippen LogP contribution in [0.3, 0.4) is 0 Å². The third kappa shape index (κ3) is 5.16. The molecule has 164 valence electrons. The van der Waals surface area contributed by atoms with Crippen molar-refractivity contribution in [2.24, 2.45) is 7.05 Å². The average molecular weight is 460 g/mol. The molecule has 0 bridgehead atoms. The number of aromatic nitrogens is 2. The highest BCUT2D eigenvalue weighted by atomic mass is 35.5. The van der Waals surface area contributed by atoms with E-state index in [1.807, 2.05) is 18.2 Å². The van der Waals surface area contributed by atoms with Gasteiger partial charge in [-0.05, 0) is 48.5 Å². The number of hydrogen-bond acceptors (Lipinski definition) is 5. The fourth-order valence-corrected chi connectivity index (χ4v) is 3.23. The van der Waals surface area contributed by atoms with Gasteiger partial charge in [0.2, 0.25) is 0 Å². The standard InChI is InChI=1S/C25H18ClN3O4/c1-29-23(30)14-12-20(28-29)25(32)27-21-15-18(26)9-13-22(21)33-19-10-7-17(8-11-19)24(31)16-5-3-2-4-6-16/h2-15H,1H3,(H,27,32). The lowest BCUT2D eigenvalue weighted by Crippen LogP contribution is -2.23. The van der Waals surface area contributed by atoms with E-state index in [1.54, 1.807) is 54.6 Å². The lowest BCUT2D eigenvalue weighted by molar-refractivity contribution is 0.101. The number of hydrogen-bond donors (Lipinski definition) is 1. The van der Waals surface area contributed by atoms with Crippen LogP contribution in [0.5, 0.6) is 11.5 Å². The molecule has 8 heteroatoms. The van der Waals surface area contributed by atoms with E-state index in [0.717, 1.165) is 4.68 Å². The number of ether oxygens (including phenoxy) is 1. The summed E-state index contributed by atoms with van der Waals surface area (Å²) in [5, 5.41) is 7.05. The minimum atomic E-state index is -0.526. The highest BCUT2D eigenvalue weighted by Gasteiger charge is 2.14. The number of nitrogens with one attached hydrogen (secondary N) is 1. The first-order valence-electron chi connectivity index (χ1n) is 9.93. The van der Waals surface area contributed by atoms with Crippen molar-refractivity contribution in [3.63, 3.8) is 0 Å². The minimum Gasteiger partial charge on any atom is -0.455 e. The van der Waals surface area contributed by atoms with Crippen molar-refractivity contribution < 1.29 is 14.3 Å². The first-order valence-corrected chi connectivity index (χ1v) is 10.3. The largest absolute Gasteiger partial charge is 0.455 e. The maximum Gasteiger partial charge on any atom is 0.276 e. The van der Waals surface area contributed by atoms with Crippen LogP contribution in [-0.4, -0.2) is 21.5 Å². The van der Waals surface area contributed by atoms with Crippen LogP contribution in [0.2, 0.25) is 5.02 Å². The molecule has 33 heavy (non-hydrogen) atoms. The fraction of sp³-hybridized carbons (Fsp3) is 0.0400. The van der Waals surface area contributed by atoms with Gasteiger partial charge in [0.15, 0.2) is 11.5 Å². The van der Waals surface area contributed by atoms with Crippen molar-refractivity contribution in [2.45, 2.75) is 0 Å². The molecule has 0 unspecified atom stereocenters. The smallest absolute Gasteiger partial charge is 0.276 e. The number of anilines is 1. The van der Waals surface area contributed by atoms with Crippen LogP contribution < -0.4 is 15.6 Å². The van der Waals surface area contributed by atoms with Gasteiger partial charge in [-0.2, -0.15) is 5.10 Å². The van der Waals surface area contributed by atoms with Crippen LogP contribution in [0.15, 0.2) is 89.7 Å². The Morgan fingerprint density at radius 3 is 2.30 bits per heavy atom. The number of nitrogens with zero attached hydrogens (tertiary/aromatic N) is 2. The van der Waals surface area contributed by atoms with Crippen molar-refractivity contribution in [1.29, 1.82) is 0 Å². The first kappa shape index (κ1) is 22.0. The second-order valence-electron chi connectivity index (χ2n) is 7.10. The van der Waals surface area contributed by atoms with Crippen LogP contribution in [0, 0.1) is 0 Å². The van der Waals surface area contributed by atoms with Crippen LogP contribution in [0.1, 0.15) is 26.4 Å². The second kappa shape index (κ2) is 9.50. The zero-order valence-corrected chi connectivity index (χ0v) is 18.2. The minimum absolute atomic E-state index is 0.0619. The number of halogens is 1. The molecule has 0 aliphatic carbocycles. The van der Waals surface area contributed by atoms with Crippen molar-refractivity contribution in [3.05, 3.63) is 117 Å². The average Bonchev–Trinajstić information content (AvgIpc) is 2.83. The van der Waals surface area contributed by atoms with Gasteiger partial charge in [-0.1, -0.05) is 41.9 Å². The monoisotopic (exact) mass is 459 g/mol. The summed E-state index contributed by atoms with van der Waals surface area (Å²) >= 11 is 6.10. The highest BCUT2D eigenvalue weighted by molar-refractivity contribution is 6.31. The Kier molecular flexibility index (Phi) is 6.33. The molecule has 0 aliphatic rings. The van der Waals surface area contributed by atoms with Crippen molar-refractivity contribution >= 4 is 29.0 Å². The van der Waals surface area contributed by atoms with Crippen molar-refractivity contribution in [1.82, 2.24) is 9.78 Å². The predicted octanol–water partition coefficient (Wildman–Crippen LogP) is 4.71. The van der Waals surface area contributed by atoms with Gasteiger partial charge in [0, 0.05) is 29.3 Å². The molecule has 1 N–H and O–H groups in total. The van der Waals surface area contributed by atoms with Gasteiger partial charge in [-0.15, -0.1) is 0 Å². The number of carbonyl (C=O) groups is 2. The molecular weight excluding hydrogens is 442 g/mol. The molecule has 0 radical (unpaired) electrons. The number of benzene rings is 3. The molecule has 1 aromatic heterocycles. The quantitative estimate of drug-likeness (QED) is 0.422. The Labute approximate surface area is 194 Å². The van der Waals surface area contributed by atoms with Crippen LogP contribution >= 0.6 is 11.6 Å². The fourth-order valence-electron chi connectivity index (χ4n) is 3.06. The summed E-state index contributed by atoms with van der Waals surface area (Å²) in [6.07, 6.45) is 0. The zero-order chi connectivity index (χ0) is 23.4. The molecule has 0 fully saturated rings. The third-order valence-corrected chi connectivity index (χ3v) is 5.00. The summed E-state index contributed by atoms with van der Waals surface area (Å²) in [5.41, 5.74) is 1.19. The Hall–Kier alpha value is -4.23. The summed E-state index contributed by atoms with van der Waals surface area (Å²) in [5.74, 6) is 0.199. The Bertz CT molecular complexity index is 1380. The number of carbonyl (C=O) groups excluding carboxylic acids is 2.